The van der Waals surface area contributed by atoms with Gasteiger partial charge in [-0.1, -0.05) is 12.5 Å². The van der Waals surface area contributed by atoms with Crippen molar-refractivity contribution in [3.8, 4) is 0 Å². The predicted molar refractivity (Wildman–Crippen MR) is 50.9 cm³/mol. The Labute approximate surface area is 83.5 Å². The average molecular weight is 200 g/mol. The summed E-state index contributed by atoms with van der Waals surface area (Å²) >= 11 is 0. The monoisotopic (exact) mass is 200 g/mol. The Morgan fingerprint density at radius 2 is 2.29 bits per heavy atom. The molecular weight excluding hydrogens is 184 g/mol. The number of carboxylic acid groups (broad SMARTS) is 1. The second kappa shape index (κ2) is 5.12. The highest BCUT2D eigenvalue weighted by Gasteiger charge is 2.19. The highest BCUT2D eigenvalue weighted by Crippen LogP contribution is 2.18. The van der Waals surface area contributed by atoms with Crippen molar-refractivity contribution in [2.75, 3.05) is 13.4 Å². The molecule has 0 radical (unpaired) electrons. The number of aliphatic carboxylic acids is 1. The molecular formula is C10H16O4. The minimum Gasteiger partial charge on any atom is -0.478 e. The van der Waals surface area contributed by atoms with E-state index in [1.54, 1.807) is 0 Å². The van der Waals surface area contributed by atoms with Gasteiger partial charge in [0.1, 0.15) is 6.79 Å². The topological polar surface area (TPSA) is 55.8 Å². The lowest BCUT2D eigenvalue weighted by atomic mass is 10.0. The molecule has 0 bridgehead atoms. The van der Waals surface area contributed by atoms with Crippen molar-refractivity contribution in [3.05, 3.63) is 11.1 Å². The Kier molecular flexibility index (Phi) is 4.10. The molecule has 1 fully saturated rings. The molecule has 0 saturated carbocycles. The van der Waals surface area contributed by atoms with E-state index in [0.29, 0.717) is 31.8 Å². The Bertz CT molecular complexity index is 239. The van der Waals surface area contributed by atoms with Crippen LogP contribution in [-0.4, -0.2) is 30.6 Å². The highest BCUT2D eigenvalue weighted by molar-refractivity contribution is 5.87. The van der Waals surface area contributed by atoms with Crippen molar-refractivity contribution in [3.63, 3.8) is 0 Å². The molecule has 1 N–H and O–H groups in total. The summed E-state index contributed by atoms with van der Waals surface area (Å²) in [6.07, 6.45) is 1.22. The summed E-state index contributed by atoms with van der Waals surface area (Å²) in [6.45, 7) is 4.58. The van der Waals surface area contributed by atoms with Crippen LogP contribution in [0.3, 0.4) is 0 Å². The van der Waals surface area contributed by atoms with Crippen molar-refractivity contribution in [1.29, 1.82) is 0 Å². The third kappa shape index (κ3) is 2.82. The molecule has 0 aliphatic carbocycles. The van der Waals surface area contributed by atoms with Crippen LogP contribution in [-0.2, 0) is 14.3 Å². The van der Waals surface area contributed by atoms with Gasteiger partial charge in [-0.05, 0) is 19.8 Å². The molecule has 14 heavy (non-hydrogen) atoms. The van der Waals surface area contributed by atoms with E-state index in [1.165, 1.54) is 0 Å². The fourth-order valence-corrected chi connectivity index (χ4v) is 1.59. The van der Waals surface area contributed by atoms with Gasteiger partial charge in [0.15, 0.2) is 0 Å². The van der Waals surface area contributed by atoms with Gasteiger partial charge in [-0.3, -0.25) is 0 Å². The molecule has 1 unspecified atom stereocenters. The fraction of sp³-hybridized carbons (Fsp3) is 0.700. The van der Waals surface area contributed by atoms with Crippen LogP contribution in [0.5, 0.6) is 0 Å². The Morgan fingerprint density at radius 1 is 1.57 bits per heavy atom. The highest BCUT2D eigenvalue weighted by atomic mass is 16.7. The number of hydrogen-bond acceptors (Lipinski definition) is 3. The van der Waals surface area contributed by atoms with Crippen LogP contribution in [0.2, 0.25) is 0 Å². The minimum absolute atomic E-state index is 0.0240. The van der Waals surface area contributed by atoms with E-state index < -0.39 is 5.97 Å². The van der Waals surface area contributed by atoms with E-state index in [9.17, 15) is 4.79 Å². The lowest BCUT2D eigenvalue weighted by molar-refractivity contribution is -0.132. The number of rotatable bonds is 4. The number of carbonyl (C=O) groups is 1. The van der Waals surface area contributed by atoms with E-state index in [2.05, 4.69) is 0 Å². The first kappa shape index (κ1) is 11.2. The number of ether oxygens (including phenoxy) is 2. The third-order valence-electron chi connectivity index (χ3n) is 2.35. The summed E-state index contributed by atoms with van der Waals surface area (Å²) in [4.78, 5) is 10.8. The zero-order valence-electron chi connectivity index (χ0n) is 8.58. The first-order valence-electron chi connectivity index (χ1n) is 4.76. The van der Waals surface area contributed by atoms with E-state index in [1.807, 2.05) is 13.8 Å². The molecule has 1 aliphatic rings. The molecule has 0 amide bonds. The zero-order valence-corrected chi connectivity index (χ0v) is 8.58. The van der Waals surface area contributed by atoms with E-state index in [-0.39, 0.29) is 6.10 Å². The first-order valence-corrected chi connectivity index (χ1v) is 4.76. The van der Waals surface area contributed by atoms with Gasteiger partial charge in [-0.15, -0.1) is 0 Å². The zero-order chi connectivity index (χ0) is 10.6. The van der Waals surface area contributed by atoms with Crippen LogP contribution in [0.15, 0.2) is 11.1 Å². The van der Waals surface area contributed by atoms with Crippen molar-refractivity contribution in [1.82, 2.24) is 0 Å². The maximum absolute atomic E-state index is 10.8. The van der Waals surface area contributed by atoms with Gasteiger partial charge in [0.25, 0.3) is 0 Å². The summed E-state index contributed by atoms with van der Waals surface area (Å²) in [7, 11) is 0. The van der Waals surface area contributed by atoms with Gasteiger partial charge < -0.3 is 14.6 Å². The summed E-state index contributed by atoms with van der Waals surface area (Å²) in [6, 6.07) is 0. The van der Waals surface area contributed by atoms with Crippen molar-refractivity contribution in [2.24, 2.45) is 0 Å². The smallest absolute Gasteiger partial charge is 0.331 e. The fourth-order valence-electron chi connectivity index (χ4n) is 1.59. The molecule has 1 heterocycles. The van der Waals surface area contributed by atoms with Crippen LogP contribution in [0.1, 0.15) is 26.7 Å². The summed E-state index contributed by atoms with van der Waals surface area (Å²) < 4.78 is 10.3. The van der Waals surface area contributed by atoms with Gasteiger partial charge >= 0.3 is 5.97 Å². The molecule has 4 heteroatoms. The SMILES string of the molecule is CCC(C(=O)O)=C(C)CC1COCO1. The van der Waals surface area contributed by atoms with Crippen LogP contribution in [0.25, 0.3) is 0 Å². The maximum atomic E-state index is 10.8. The molecule has 1 saturated heterocycles. The molecule has 0 spiro atoms. The largest absolute Gasteiger partial charge is 0.478 e. The average Bonchev–Trinajstić information content (AvgIpc) is 2.57. The van der Waals surface area contributed by atoms with Crippen LogP contribution in [0.4, 0.5) is 0 Å². The molecule has 0 aromatic rings. The van der Waals surface area contributed by atoms with Crippen LogP contribution in [0, 0.1) is 0 Å². The predicted octanol–water partition coefficient (Wildman–Crippen LogP) is 1.56. The standard InChI is InChI=1S/C10H16O4/c1-3-9(10(11)12)7(2)4-8-5-13-6-14-8/h8H,3-6H2,1-2H3,(H,11,12). The quantitative estimate of drug-likeness (QED) is 0.700. The van der Waals surface area contributed by atoms with Gasteiger partial charge in [-0.2, -0.15) is 0 Å². The molecule has 0 aromatic heterocycles. The van der Waals surface area contributed by atoms with Crippen LogP contribution < -0.4 is 0 Å². The summed E-state index contributed by atoms with van der Waals surface area (Å²) in [5, 5.41) is 8.89. The van der Waals surface area contributed by atoms with Gasteiger partial charge in [0.2, 0.25) is 0 Å². The summed E-state index contributed by atoms with van der Waals surface area (Å²) in [5.41, 5.74) is 1.37. The molecule has 0 aromatic carbocycles. The van der Waals surface area contributed by atoms with Crippen molar-refractivity contribution >= 4 is 5.97 Å². The molecule has 1 atom stereocenters. The Hall–Kier alpha value is -0.870. The van der Waals surface area contributed by atoms with Gasteiger partial charge in [0.05, 0.1) is 12.7 Å². The van der Waals surface area contributed by atoms with Crippen LogP contribution >= 0.6 is 0 Å². The van der Waals surface area contributed by atoms with E-state index >= 15 is 0 Å². The Balaban J connectivity index is 2.59. The molecule has 80 valence electrons. The number of carboxylic acids is 1. The third-order valence-corrected chi connectivity index (χ3v) is 2.35. The first-order chi connectivity index (χ1) is 6.65. The Morgan fingerprint density at radius 3 is 2.71 bits per heavy atom. The number of hydrogen-bond donors (Lipinski definition) is 1. The lowest BCUT2D eigenvalue weighted by Crippen LogP contribution is -2.12. The summed E-state index contributed by atoms with van der Waals surface area (Å²) in [5.74, 6) is -0.830. The van der Waals surface area contributed by atoms with E-state index in [0.717, 1.165) is 5.57 Å². The lowest BCUT2D eigenvalue weighted by Gasteiger charge is -2.10. The molecule has 1 rings (SSSR count). The normalized spacial score (nSPS) is 23.4. The van der Waals surface area contributed by atoms with Crippen molar-refractivity contribution < 1.29 is 19.4 Å². The minimum atomic E-state index is -0.830. The second-order valence-corrected chi connectivity index (χ2v) is 3.40. The maximum Gasteiger partial charge on any atom is 0.331 e. The molecule has 4 nitrogen and oxygen atoms in total. The van der Waals surface area contributed by atoms with Crippen molar-refractivity contribution in [2.45, 2.75) is 32.8 Å². The molecule has 1 aliphatic heterocycles. The van der Waals surface area contributed by atoms with E-state index in [4.69, 9.17) is 14.6 Å². The second-order valence-electron chi connectivity index (χ2n) is 3.40. The van der Waals surface area contributed by atoms with Gasteiger partial charge in [0, 0.05) is 5.57 Å². The van der Waals surface area contributed by atoms with Gasteiger partial charge in [-0.25, -0.2) is 4.79 Å².